The van der Waals surface area contributed by atoms with Crippen LogP contribution in [0.2, 0.25) is 0 Å². The zero-order valence-corrected chi connectivity index (χ0v) is 13.3. The monoisotopic (exact) mass is 313 g/mol. The molecule has 0 bridgehead atoms. The van der Waals surface area contributed by atoms with Crippen molar-refractivity contribution in [2.45, 2.75) is 31.9 Å². The fraction of sp³-hybridized carbons (Fsp3) is 0.333. The number of aliphatic hydroxyl groups is 1. The standard InChI is InChI=1S/C18H23N3O2/c1-13(21-12-17(22)15-8-10-20-11-9-15)2-3-14-4-6-16(7-5-14)18(19)23/h4-11,13,17,21-22H,2-3,12H2,1H3,(H2,19,23)/t13-,17?/m1/s1. The van der Waals surface area contributed by atoms with Crippen LogP contribution in [0, 0.1) is 0 Å². The number of aliphatic hydroxyl groups excluding tert-OH is 1. The second-order valence-corrected chi connectivity index (χ2v) is 5.71. The first kappa shape index (κ1) is 17.1. The van der Waals surface area contributed by atoms with Gasteiger partial charge in [0.15, 0.2) is 0 Å². The molecule has 2 rings (SSSR count). The van der Waals surface area contributed by atoms with E-state index in [-0.39, 0.29) is 6.04 Å². The number of hydrogen-bond acceptors (Lipinski definition) is 4. The molecule has 5 nitrogen and oxygen atoms in total. The van der Waals surface area contributed by atoms with E-state index in [4.69, 9.17) is 5.73 Å². The molecule has 5 heteroatoms. The smallest absolute Gasteiger partial charge is 0.248 e. The number of benzene rings is 1. The van der Waals surface area contributed by atoms with Gasteiger partial charge in [-0.15, -0.1) is 0 Å². The van der Waals surface area contributed by atoms with E-state index in [1.807, 2.05) is 24.3 Å². The van der Waals surface area contributed by atoms with E-state index in [0.29, 0.717) is 12.1 Å². The number of rotatable bonds is 8. The molecule has 1 unspecified atom stereocenters. The normalized spacial score (nSPS) is 13.5. The fourth-order valence-corrected chi connectivity index (χ4v) is 2.34. The van der Waals surface area contributed by atoms with Crippen LogP contribution < -0.4 is 11.1 Å². The summed E-state index contributed by atoms with van der Waals surface area (Å²) in [5, 5.41) is 13.4. The lowest BCUT2D eigenvalue weighted by Crippen LogP contribution is -2.30. The van der Waals surface area contributed by atoms with Crippen LogP contribution in [0.25, 0.3) is 0 Å². The van der Waals surface area contributed by atoms with Gasteiger partial charge >= 0.3 is 0 Å². The van der Waals surface area contributed by atoms with Crippen molar-refractivity contribution in [2.24, 2.45) is 5.73 Å². The first-order valence-corrected chi connectivity index (χ1v) is 7.76. The second kappa shape index (κ2) is 8.41. The number of carbonyl (C=O) groups is 1. The number of hydrogen-bond donors (Lipinski definition) is 3. The van der Waals surface area contributed by atoms with Gasteiger partial charge in [0.25, 0.3) is 0 Å². The molecule has 0 saturated heterocycles. The van der Waals surface area contributed by atoms with Crippen LogP contribution in [-0.4, -0.2) is 28.6 Å². The van der Waals surface area contributed by atoms with Crippen LogP contribution in [0.4, 0.5) is 0 Å². The average Bonchev–Trinajstić information content (AvgIpc) is 2.59. The molecule has 0 aliphatic rings. The number of nitrogens with zero attached hydrogens (tertiary/aromatic N) is 1. The molecular formula is C18H23N3O2. The Bertz CT molecular complexity index is 614. The summed E-state index contributed by atoms with van der Waals surface area (Å²) in [6.45, 7) is 2.60. The number of nitrogens with two attached hydrogens (primary N) is 1. The topological polar surface area (TPSA) is 88.2 Å². The first-order valence-electron chi connectivity index (χ1n) is 7.76. The van der Waals surface area contributed by atoms with E-state index < -0.39 is 12.0 Å². The second-order valence-electron chi connectivity index (χ2n) is 5.71. The van der Waals surface area contributed by atoms with E-state index in [1.165, 1.54) is 5.56 Å². The highest BCUT2D eigenvalue weighted by Gasteiger charge is 2.09. The summed E-state index contributed by atoms with van der Waals surface area (Å²) in [5.41, 5.74) is 7.78. The molecule has 23 heavy (non-hydrogen) atoms. The predicted molar refractivity (Wildman–Crippen MR) is 89.9 cm³/mol. The third kappa shape index (κ3) is 5.47. The summed E-state index contributed by atoms with van der Waals surface area (Å²) in [4.78, 5) is 15.0. The number of pyridine rings is 1. The first-order chi connectivity index (χ1) is 11.1. The van der Waals surface area contributed by atoms with E-state index in [0.717, 1.165) is 18.4 Å². The van der Waals surface area contributed by atoms with Gasteiger partial charge in [-0.05, 0) is 55.2 Å². The minimum absolute atomic E-state index is 0.280. The Morgan fingerprint density at radius 1 is 1.22 bits per heavy atom. The number of aryl methyl sites for hydroxylation is 1. The molecular weight excluding hydrogens is 290 g/mol. The third-order valence-electron chi connectivity index (χ3n) is 3.86. The number of carbonyl (C=O) groups excluding carboxylic acids is 1. The minimum Gasteiger partial charge on any atom is -0.387 e. The van der Waals surface area contributed by atoms with E-state index >= 15 is 0 Å². The Labute approximate surface area is 136 Å². The summed E-state index contributed by atoms with van der Waals surface area (Å²) in [6, 6.07) is 11.3. The van der Waals surface area contributed by atoms with Crippen molar-refractivity contribution in [3.8, 4) is 0 Å². The zero-order valence-electron chi connectivity index (χ0n) is 13.3. The lowest BCUT2D eigenvalue weighted by atomic mass is 10.0. The van der Waals surface area contributed by atoms with Gasteiger partial charge in [-0.25, -0.2) is 0 Å². The summed E-state index contributed by atoms with van der Waals surface area (Å²) in [7, 11) is 0. The molecule has 0 aliphatic carbocycles. The third-order valence-corrected chi connectivity index (χ3v) is 3.86. The highest BCUT2D eigenvalue weighted by atomic mass is 16.3. The van der Waals surface area contributed by atoms with Gasteiger partial charge in [-0.1, -0.05) is 12.1 Å². The van der Waals surface area contributed by atoms with Gasteiger partial charge in [0, 0.05) is 30.5 Å². The fourth-order valence-electron chi connectivity index (χ4n) is 2.34. The van der Waals surface area contributed by atoms with Crippen molar-refractivity contribution in [1.29, 1.82) is 0 Å². The van der Waals surface area contributed by atoms with E-state index in [9.17, 15) is 9.90 Å². The molecule has 1 amide bonds. The number of primary amides is 1. The van der Waals surface area contributed by atoms with Gasteiger partial charge in [0.05, 0.1) is 6.10 Å². The van der Waals surface area contributed by atoms with Crippen molar-refractivity contribution in [3.05, 3.63) is 65.5 Å². The lowest BCUT2D eigenvalue weighted by molar-refractivity contribution is 0.100. The SMILES string of the molecule is C[C@H](CCc1ccc(C(N)=O)cc1)NCC(O)c1ccncc1. The van der Waals surface area contributed by atoms with Gasteiger partial charge in [-0.3, -0.25) is 9.78 Å². The minimum atomic E-state index is -0.532. The van der Waals surface area contributed by atoms with Crippen LogP contribution >= 0.6 is 0 Å². The summed E-state index contributed by atoms with van der Waals surface area (Å²) in [6.07, 6.45) is 4.67. The maximum atomic E-state index is 11.0. The van der Waals surface area contributed by atoms with Gasteiger partial charge < -0.3 is 16.2 Å². The Hall–Kier alpha value is -2.24. The summed E-state index contributed by atoms with van der Waals surface area (Å²) in [5.74, 6) is -0.406. The van der Waals surface area contributed by atoms with Crippen molar-refractivity contribution in [3.63, 3.8) is 0 Å². The quantitative estimate of drug-likeness (QED) is 0.693. The molecule has 2 atom stereocenters. The molecule has 2 aromatic rings. The van der Waals surface area contributed by atoms with Crippen LogP contribution in [-0.2, 0) is 6.42 Å². The van der Waals surface area contributed by atoms with Crippen LogP contribution in [0.15, 0.2) is 48.8 Å². The lowest BCUT2D eigenvalue weighted by Gasteiger charge is -2.17. The Kier molecular flexibility index (Phi) is 6.26. The molecule has 4 N–H and O–H groups in total. The molecule has 122 valence electrons. The zero-order chi connectivity index (χ0) is 16.7. The number of aromatic nitrogens is 1. The number of amides is 1. The molecule has 0 fully saturated rings. The van der Waals surface area contributed by atoms with Crippen LogP contribution in [0.5, 0.6) is 0 Å². The summed E-state index contributed by atoms with van der Waals surface area (Å²) >= 11 is 0. The molecule has 0 radical (unpaired) electrons. The molecule has 0 saturated carbocycles. The van der Waals surface area contributed by atoms with Crippen LogP contribution in [0.3, 0.4) is 0 Å². The highest BCUT2D eigenvalue weighted by molar-refractivity contribution is 5.92. The molecule has 1 aromatic carbocycles. The number of nitrogens with one attached hydrogen (secondary N) is 1. The van der Waals surface area contributed by atoms with Crippen LogP contribution in [0.1, 0.15) is 40.9 Å². The molecule has 1 aromatic heterocycles. The van der Waals surface area contributed by atoms with Crippen molar-refractivity contribution in [2.75, 3.05) is 6.54 Å². The van der Waals surface area contributed by atoms with Gasteiger partial charge in [0.1, 0.15) is 0 Å². The predicted octanol–water partition coefficient (Wildman–Crippen LogP) is 1.82. The summed E-state index contributed by atoms with van der Waals surface area (Å²) < 4.78 is 0. The largest absolute Gasteiger partial charge is 0.387 e. The molecule has 0 aliphatic heterocycles. The maximum absolute atomic E-state index is 11.0. The Morgan fingerprint density at radius 2 is 1.87 bits per heavy atom. The highest BCUT2D eigenvalue weighted by Crippen LogP contribution is 2.11. The van der Waals surface area contributed by atoms with Gasteiger partial charge in [-0.2, -0.15) is 0 Å². The average molecular weight is 313 g/mol. The van der Waals surface area contributed by atoms with Crippen molar-refractivity contribution >= 4 is 5.91 Å². The van der Waals surface area contributed by atoms with Gasteiger partial charge in [0.2, 0.25) is 5.91 Å². The molecule has 0 spiro atoms. The molecule has 1 heterocycles. The Morgan fingerprint density at radius 3 is 2.48 bits per heavy atom. The van der Waals surface area contributed by atoms with E-state index in [2.05, 4.69) is 17.2 Å². The Balaban J connectivity index is 1.74. The van der Waals surface area contributed by atoms with Crippen molar-refractivity contribution in [1.82, 2.24) is 10.3 Å². The van der Waals surface area contributed by atoms with Crippen molar-refractivity contribution < 1.29 is 9.90 Å². The maximum Gasteiger partial charge on any atom is 0.248 e. The van der Waals surface area contributed by atoms with E-state index in [1.54, 1.807) is 24.5 Å².